The van der Waals surface area contributed by atoms with Crippen LogP contribution in [0.3, 0.4) is 0 Å². The molecular formula is C19H25NO6. The van der Waals surface area contributed by atoms with Crippen molar-refractivity contribution in [3.63, 3.8) is 0 Å². The lowest BCUT2D eigenvalue weighted by Gasteiger charge is -2.51. The Labute approximate surface area is 152 Å². The summed E-state index contributed by atoms with van der Waals surface area (Å²) >= 11 is 0. The highest BCUT2D eigenvalue weighted by molar-refractivity contribution is 5.95. The van der Waals surface area contributed by atoms with Gasteiger partial charge in [0.1, 0.15) is 24.9 Å². The zero-order valence-electron chi connectivity index (χ0n) is 14.9. The third kappa shape index (κ3) is 2.94. The highest BCUT2D eigenvalue weighted by atomic mass is 16.6. The number of piperidine rings is 1. The molecule has 1 aromatic rings. The second kappa shape index (κ2) is 6.40. The van der Waals surface area contributed by atoms with Gasteiger partial charge in [-0.3, -0.25) is 4.79 Å². The minimum Gasteiger partial charge on any atom is -0.486 e. The fourth-order valence-electron chi connectivity index (χ4n) is 4.11. The van der Waals surface area contributed by atoms with Crippen molar-refractivity contribution in [2.45, 2.75) is 43.5 Å². The molecule has 3 aliphatic heterocycles. The number of benzene rings is 1. The van der Waals surface area contributed by atoms with E-state index < -0.39 is 17.3 Å². The summed E-state index contributed by atoms with van der Waals surface area (Å²) in [5, 5.41) is 21.0. The van der Waals surface area contributed by atoms with E-state index >= 15 is 0 Å². The summed E-state index contributed by atoms with van der Waals surface area (Å²) in [7, 11) is 0. The number of amides is 1. The van der Waals surface area contributed by atoms with Crippen LogP contribution in [0.5, 0.6) is 11.5 Å². The first-order valence-corrected chi connectivity index (χ1v) is 9.15. The lowest BCUT2D eigenvalue weighted by Crippen LogP contribution is -2.64. The predicted molar refractivity (Wildman–Crippen MR) is 92.5 cm³/mol. The molecule has 1 aromatic carbocycles. The van der Waals surface area contributed by atoms with Gasteiger partial charge in [0.2, 0.25) is 0 Å². The van der Waals surface area contributed by atoms with Gasteiger partial charge in [0, 0.05) is 25.1 Å². The number of hydrogen-bond acceptors (Lipinski definition) is 6. The fourth-order valence-corrected chi connectivity index (χ4v) is 4.11. The molecule has 1 amide bonds. The third-order valence-electron chi connectivity index (χ3n) is 5.77. The molecule has 7 heteroatoms. The molecule has 2 N–H and O–H groups in total. The average molecular weight is 363 g/mol. The maximum absolute atomic E-state index is 12.8. The minimum atomic E-state index is -1.15. The van der Waals surface area contributed by atoms with E-state index in [4.69, 9.17) is 14.2 Å². The largest absolute Gasteiger partial charge is 0.486 e. The number of likely N-dealkylation sites (tertiary alicyclic amines) is 1. The second-order valence-electron chi connectivity index (χ2n) is 7.57. The average Bonchev–Trinajstić information content (AvgIpc) is 2.66. The topological polar surface area (TPSA) is 88.5 Å². The van der Waals surface area contributed by atoms with Crippen LogP contribution < -0.4 is 9.47 Å². The lowest BCUT2D eigenvalue weighted by molar-refractivity contribution is -0.244. The number of carbonyl (C=O) groups is 1. The first-order chi connectivity index (χ1) is 12.4. The van der Waals surface area contributed by atoms with Gasteiger partial charge in [0.15, 0.2) is 11.5 Å². The van der Waals surface area contributed by atoms with E-state index in [1.165, 1.54) is 0 Å². The summed E-state index contributed by atoms with van der Waals surface area (Å²) in [6, 6.07) is 5.23. The van der Waals surface area contributed by atoms with Gasteiger partial charge in [-0.1, -0.05) is 0 Å². The zero-order valence-corrected chi connectivity index (χ0v) is 14.9. The van der Waals surface area contributed by atoms with E-state index in [1.807, 2.05) is 0 Å². The molecule has 142 valence electrons. The number of rotatable bonds is 1. The molecule has 26 heavy (non-hydrogen) atoms. The quantitative estimate of drug-likeness (QED) is 0.773. The molecule has 0 aliphatic carbocycles. The summed E-state index contributed by atoms with van der Waals surface area (Å²) in [5.74, 6) is 1.18. The van der Waals surface area contributed by atoms with Crippen LogP contribution in [0.15, 0.2) is 18.2 Å². The van der Waals surface area contributed by atoms with Crippen molar-refractivity contribution in [3.8, 4) is 11.5 Å². The van der Waals surface area contributed by atoms with Gasteiger partial charge >= 0.3 is 0 Å². The summed E-state index contributed by atoms with van der Waals surface area (Å²) < 4.78 is 16.9. The summed E-state index contributed by atoms with van der Waals surface area (Å²) in [5.41, 5.74) is -1.37. The molecule has 7 nitrogen and oxygen atoms in total. The Morgan fingerprint density at radius 2 is 1.81 bits per heavy atom. The molecular weight excluding hydrogens is 338 g/mol. The van der Waals surface area contributed by atoms with Crippen molar-refractivity contribution in [3.05, 3.63) is 23.8 Å². The molecule has 0 radical (unpaired) electrons. The van der Waals surface area contributed by atoms with E-state index in [1.54, 1.807) is 30.0 Å². The number of nitrogens with zero attached hydrogens (tertiary/aromatic N) is 1. The van der Waals surface area contributed by atoms with E-state index in [9.17, 15) is 15.0 Å². The standard InChI is InChI=1S/C19H25NO6/c1-18(23)6-9-26-19(17(18)22)4-7-20(8-5-19)16(21)13-2-3-14-15(12-13)25-11-10-24-14/h2-3,12,17,22-23H,4-11H2,1H3/t17-,18+/m0/s1. The van der Waals surface area contributed by atoms with Crippen LogP contribution in [0.1, 0.15) is 36.5 Å². The highest BCUT2D eigenvalue weighted by Crippen LogP contribution is 2.40. The van der Waals surface area contributed by atoms with Crippen molar-refractivity contribution < 1.29 is 29.2 Å². The molecule has 0 unspecified atom stereocenters. The Kier molecular flexibility index (Phi) is 4.33. The van der Waals surface area contributed by atoms with Gasteiger partial charge in [0.05, 0.1) is 12.2 Å². The molecule has 0 saturated carbocycles. The molecule has 3 heterocycles. The van der Waals surface area contributed by atoms with Crippen LogP contribution >= 0.6 is 0 Å². The molecule has 1 spiro atoms. The van der Waals surface area contributed by atoms with Gasteiger partial charge in [0.25, 0.3) is 5.91 Å². The number of hydrogen-bond donors (Lipinski definition) is 2. The van der Waals surface area contributed by atoms with E-state index in [0.29, 0.717) is 69.2 Å². The van der Waals surface area contributed by atoms with Crippen LogP contribution in [0.25, 0.3) is 0 Å². The number of aliphatic hydroxyl groups is 2. The van der Waals surface area contributed by atoms with Gasteiger partial charge < -0.3 is 29.3 Å². The van der Waals surface area contributed by atoms with Crippen LogP contribution in [-0.2, 0) is 4.74 Å². The lowest BCUT2D eigenvalue weighted by atomic mass is 9.75. The van der Waals surface area contributed by atoms with Crippen molar-refractivity contribution >= 4 is 5.91 Å². The molecule has 4 rings (SSSR count). The van der Waals surface area contributed by atoms with Gasteiger partial charge in [-0.05, 0) is 38.0 Å². The number of carbonyl (C=O) groups excluding carboxylic acids is 1. The molecule has 2 saturated heterocycles. The fraction of sp³-hybridized carbons (Fsp3) is 0.632. The predicted octanol–water partition coefficient (Wildman–Crippen LogP) is 0.965. The first kappa shape index (κ1) is 17.6. The van der Waals surface area contributed by atoms with Gasteiger partial charge in [-0.2, -0.15) is 0 Å². The Balaban J connectivity index is 1.45. The Morgan fingerprint density at radius 3 is 2.54 bits per heavy atom. The Bertz CT molecular complexity index is 695. The summed E-state index contributed by atoms with van der Waals surface area (Å²) in [6.07, 6.45) is 0.465. The van der Waals surface area contributed by atoms with Crippen LogP contribution in [0.2, 0.25) is 0 Å². The highest BCUT2D eigenvalue weighted by Gasteiger charge is 2.52. The molecule has 3 aliphatic rings. The maximum Gasteiger partial charge on any atom is 0.253 e. The number of ether oxygens (including phenoxy) is 3. The van der Waals surface area contributed by atoms with Crippen molar-refractivity contribution in [2.75, 3.05) is 32.9 Å². The van der Waals surface area contributed by atoms with Crippen LogP contribution in [-0.4, -0.2) is 71.2 Å². The van der Waals surface area contributed by atoms with Crippen molar-refractivity contribution in [2.24, 2.45) is 0 Å². The first-order valence-electron chi connectivity index (χ1n) is 9.15. The zero-order chi connectivity index (χ0) is 18.4. The summed E-state index contributed by atoms with van der Waals surface area (Å²) in [4.78, 5) is 14.6. The number of aliphatic hydroxyl groups excluding tert-OH is 1. The normalized spacial score (nSPS) is 30.3. The van der Waals surface area contributed by atoms with Crippen LogP contribution in [0, 0.1) is 0 Å². The molecule has 2 fully saturated rings. The molecule has 0 bridgehead atoms. The third-order valence-corrected chi connectivity index (χ3v) is 5.77. The minimum absolute atomic E-state index is 0.0751. The second-order valence-corrected chi connectivity index (χ2v) is 7.57. The SMILES string of the molecule is C[C@@]1(O)CCOC2(CCN(C(=O)c3ccc4c(c3)OCCO4)CC2)[C@H]1O. The molecule has 2 atom stereocenters. The summed E-state index contributed by atoms with van der Waals surface area (Å²) in [6.45, 7) is 4.00. The Morgan fingerprint density at radius 1 is 1.12 bits per heavy atom. The van der Waals surface area contributed by atoms with E-state index in [-0.39, 0.29) is 5.91 Å². The monoisotopic (exact) mass is 363 g/mol. The van der Waals surface area contributed by atoms with E-state index in [2.05, 4.69) is 0 Å². The maximum atomic E-state index is 12.8. The van der Waals surface area contributed by atoms with Crippen LogP contribution in [0.4, 0.5) is 0 Å². The Hall–Kier alpha value is -1.83. The number of fused-ring (bicyclic) bond motifs is 1. The van der Waals surface area contributed by atoms with Gasteiger partial charge in [-0.15, -0.1) is 0 Å². The van der Waals surface area contributed by atoms with E-state index in [0.717, 1.165) is 0 Å². The molecule has 0 aromatic heterocycles. The van der Waals surface area contributed by atoms with Crippen molar-refractivity contribution in [1.29, 1.82) is 0 Å². The smallest absolute Gasteiger partial charge is 0.253 e. The van der Waals surface area contributed by atoms with Gasteiger partial charge in [-0.25, -0.2) is 0 Å². The van der Waals surface area contributed by atoms with Crippen molar-refractivity contribution in [1.82, 2.24) is 4.90 Å².